The molecule has 1 aliphatic carbocycles. The SMILES string of the molecule is Cc1[nH]c2ccc([N+](=O)[O-])cc2c1CC(NC(=O)OCC1c2ccccc2-c2ccccc21)C(=O)O. The van der Waals surface area contributed by atoms with Gasteiger partial charge in [-0.15, -0.1) is 0 Å². The molecule has 1 aromatic heterocycles. The number of aromatic amines is 1. The van der Waals surface area contributed by atoms with E-state index in [1.807, 2.05) is 48.5 Å². The van der Waals surface area contributed by atoms with Crippen LogP contribution in [0.4, 0.5) is 10.5 Å². The van der Waals surface area contributed by atoms with E-state index in [0.29, 0.717) is 22.2 Å². The average molecular weight is 485 g/mol. The van der Waals surface area contributed by atoms with Crippen LogP contribution in [0.25, 0.3) is 22.0 Å². The van der Waals surface area contributed by atoms with Crippen LogP contribution in [0, 0.1) is 17.0 Å². The zero-order chi connectivity index (χ0) is 25.4. The predicted octanol–water partition coefficient (Wildman–Crippen LogP) is 4.92. The number of nitrogens with one attached hydrogen (secondary N) is 2. The summed E-state index contributed by atoms with van der Waals surface area (Å²) in [4.78, 5) is 38.5. The lowest BCUT2D eigenvalue weighted by atomic mass is 9.98. The number of hydrogen-bond acceptors (Lipinski definition) is 5. The highest BCUT2D eigenvalue weighted by Crippen LogP contribution is 2.44. The first-order valence-corrected chi connectivity index (χ1v) is 11.4. The fraction of sp³-hybridized carbons (Fsp3) is 0.185. The molecule has 0 saturated carbocycles. The number of aliphatic carboxylic acids is 1. The van der Waals surface area contributed by atoms with E-state index in [0.717, 1.165) is 22.3 Å². The number of ether oxygens (including phenoxy) is 1. The Kier molecular flexibility index (Phi) is 5.89. The second-order valence-electron chi connectivity index (χ2n) is 8.78. The van der Waals surface area contributed by atoms with Gasteiger partial charge in [0.1, 0.15) is 12.6 Å². The van der Waals surface area contributed by atoms with Crippen LogP contribution >= 0.6 is 0 Å². The Hall–Kier alpha value is -4.66. The third-order valence-corrected chi connectivity index (χ3v) is 6.66. The zero-order valence-corrected chi connectivity index (χ0v) is 19.4. The molecular weight excluding hydrogens is 462 g/mol. The molecule has 0 radical (unpaired) electrons. The molecule has 1 unspecified atom stereocenters. The second kappa shape index (κ2) is 9.18. The maximum absolute atomic E-state index is 12.7. The van der Waals surface area contributed by atoms with Gasteiger partial charge >= 0.3 is 12.1 Å². The van der Waals surface area contributed by atoms with Crippen molar-refractivity contribution in [2.24, 2.45) is 0 Å². The Morgan fingerprint density at radius 3 is 2.33 bits per heavy atom. The minimum atomic E-state index is -1.28. The van der Waals surface area contributed by atoms with E-state index in [4.69, 9.17) is 4.74 Å². The van der Waals surface area contributed by atoms with E-state index in [1.165, 1.54) is 12.1 Å². The molecule has 9 nitrogen and oxygen atoms in total. The Bertz CT molecular complexity index is 1460. The number of nitro groups is 1. The van der Waals surface area contributed by atoms with Gasteiger partial charge < -0.3 is 20.1 Å². The van der Waals surface area contributed by atoms with E-state index in [-0.39, 0.29) is 24.6 Å². The smallest absolute Gasteiger partial charge is 0.407 e. The first kappa shape index (κ1) is 23.1. The normalized spacial score (nSPS) is 13.1. The standard InChI is InChI=1S/C27H23N3O6/c1-15-21(22-12-16(30(34)35)10-11-24(22)28-15)13-25(26(31)32)29-27(33)36-14-23-19-8-4-2-6-17(19)18-7-3-5-9-20(18)23/h2-12,23,25,28H,13-14H2,1H3,(H,29,33)(H,31,32). The van der Waals surface area contributed by atoms with Crippen LogP contribution in [0.3, 0.4) is 0 Å². The molecule has 1 atom stereocenters. The fourth-order valence-corrected chi connectivity index (χ4v) is 4.93. The maximum Gasteiger partial charge on any atom is 0.407 e. The van der Waals surface area contributed by atoms with Crippen LogP contribution in [0.1, 0.15) is 28.3 Å². The summed E-state index contributed by atoms with van der Waals surface area (Å²) in [5.41, 5.74) is 6.10. The number of carboxylic acids is 1. The van der Waals surface area contributed by atoms with Crippen LogP contribution in [-0.4, -0.2) is 39.7 Å². The summed E-state index contributed by atoms with van der Waals surface area (Å²) in [6.07, 6.45) is -0.903. The highest BCUT2D eigenvalue weighted by Gasteiger charge is 2.30. The first-order chi connectivity index (χ1) is 17.3. The quantitative estimate of drug-likeness (QED) is 0.251. The van der Waals surface area contributed by atoms with Gasteiger partial charge in [0.2, 0.25) is 0 Å². The predicted molar refractivity (Wildman–Crippen MR) is 133 cm³/mol. The van der Waals surface area contributed by atoms with Crippen molar-refractivity contribution in [2.45, 2.75) is 25.3 Å². The molecule has 0 aliphatic heterocycles. The number of carbonyl (C=O) groups is 2. The Balaban J connectivity index is 1.32. The molecule has 5 rings (SSSR count). The highest BCUT2D eigenvalue weighted by atomic mass is 16.6. The number of rotatable bonds is 7. The fourth-order valence-electron chi connectivity index (χ4n) is 4.93. The van der Waals surface area contributed by atoms with Crippen molar-refractivity contribution in [3.05, 3.63) is 99.2 Å². The molecule has 1 amide bonds. The number of hydrogen-bond donors (Lipinski definition) is 3. The van der Waals surface area contributed by atoms with Gasteiger partial charge in [-0.1, -0.05) is 48.5 Å². The van der Waals surface area contributed by atoms with Crippen molar-refractivity contribution in [2.75, 3.05) is 6.61 Å². The summed E-state index contributed by atoms with van der Waals surface area (Å²) >= 11 is 0. The van der Waals surface area contributed by atoms with Gasteiger partial charge in [0.15, 0.2) is 0 Å². The monoisotopic (exact) mass is 485 g/mol. The molecule has 0 saturated heterocycles. The van der Waals surface area contributed by atoms with E-state index < -0.39 is 23.0 Å². The molecule has 3 aromatic carbocycles. The van der Waals surface area contributed by atoms with Crippen LogP contribution in [0.5, 0.6) is 0 Å². The van der Waals surface area contributed by atoms with E-state index in [1.54, 1.807) is 13.0 Å². The average Bonchev–Trinajstić information content (AvgIpc) is 3.35. The second-order valence-corrected chi connectivity index (χ2v) is 8.78. The number of alkyl carbamates (subject to hydrolysis) is 1. The van der Waals surface area contributed by atoms with Crippen molar-refractivity contribution < 1.29 is 24.4 Å². The lowest BCUT2D eigenvalue weighted by molar-refractivity contribution is -0.384. The molecule has 36 heavy (non-hydrogen) atoms. The number of nitro benzene ring substituents is 1. The molecule has 9 heteroatoms. The number of amides is 1. The molecule has 0 bridgehead atoms. The van der Waals surface area contributed by atoms with Crippen molar-refractivity contribution in [3.63, 3.8) is 0 Å². The van der Waals surface area contributed by atoms with Crippen molar-refractivity contribution >= 4 is 28.7 Å². The summed E-state index contributed by atoms with van der Waals surface area (Å²) in [6.45, 7) is 1.82. The van der Waals surface area contributed by atoms with Crippen molar-refractivity contribution in [1.82, 2.24) is 10.3 Å². The number of carboxylic acid groups (broad SMARTS) is 1. The lowest BCUT2D eigenvalue weighted by Gasteiger charge is -2.17. The van der Waals surface area contributed by atoms with Gasteiger partial charge in [0.25, 0.3) is 5.69 Å². The number of nitrogens with zero attached hydrogens (tertiary/aromatic N) is 1. The van der Waals surface area contributed by atoms with Crippen LogP contribution in [0.2, 0.25) is 0 Å². The van der Waals surface area contributed by atoms with Gasteiger partial charge in [-0.3, -0.25) is 10.1 Å². The molecule has 4 aromatic rings. The third kappa shape index (κ3) is 4.15. The van der Waals surface area contributed by atoms with Crippen molar-refractivity contribution in [1.29, 1.82) is 0 Å². The summed E-state index contributed by atoms with van der Waals surface area (Å²) in [7, 11) is 0. The summed E-state index contributed by atoms with van der Waals surface area (Å²) in [5.74, 6) is -1.38. The number of aryl methyl sites for hydroxylation is 1. The van der Waals surface area contributed by atoms with E-state index in [9.17, 15) is 24.8 Å². The minimum Gasteiger partial charge on any atom is -0.480 e. The van der Waals surface area contributed by atoms with Crippen LogP contribution < -0.4 is 5.32 Å². The van der Waals surface area contributed by atoms with Gasteiger partial charge in [-0.05, 0) is 40.8 Å². The van der Waals surface area contributed by atoms with Crippen LogP contribution in [0.15, 0.2) is 66.7 Å². The van der Waals surface area contributed by atoms with Gasteiger partial charge in [0, 0.05) is 41.1 Å². The third-order valence-electron chi connectivity index (χ3n) is 6.66. The molecule has 182 valence electrons. The molecular formula is C27H23N3O6. The van der Waals surface area contributed by atoms with Gasteiger partial charge in [0.05, 0.1) is 4.92 Å². The number of benzene rings is 3. The Morgan fingerprint density at radius 2 is 1.72 bits per heavy atom. The summed E-state index contributed by atoms with van der Waals surface area (Å²) < 4.78 is 5.50. The lowest BCUT2D eigenvalue weighted by Crippen LogP contribution is -2.43. The summed E-state index contributed by atoms with van der Waals surface area (Å²) in [6, 6.07) is 18.9. The topological polar surface area (TPSA) is 135 Å². The minimum absolute atomic E-state index is 0.0600. The molecule has 0 spiro atoms. The Morgan fingerprint density at radius 1 is 1.08 bits per heavy atom. The summed E-state index contributed by atoms with van der Waals surface area (Å²) in [5, 5.41) is 24.0. The number of fused-ring (bicyclic) bond motifs is 4. The molecule has 1 aliphatic rings. The molecule has 0 fully saturated rings. The Labute approximate surface area is 205 Å². The van der Waals surface area contributed by atoms with E-state index >= 15 is 0 Å². The number of carbonyl (C=O) groups excluding carboxylic acids is 1. The number of non-ortho nitro benzene ring substituents is 1. The zero-order valence-electron chi connectivity index (χ0n) is 19.4. The van der Waals surface area contributed by atoms with Crippen LogP contribution in [-0.2, 0) is 16.0 Å². The highest BCUT2D eigenvalue weighted by molar-refractivity contribution is 5.88. The molecule has 3 N–H and O–H groups in total. The van der Waals surface area contributed by atoms with Gasteiger partial charge in [-0.25, -0.2) is 9.59 Å². The van der Waals surface area contributed by atoms with Gasteiger partial charge in [-0.2, -0.15) is 0 Å². The number of H-pyrrole nitrogens is 1. The largest absolute Gasteiger partial charge is 0.480 e. The molecule has 1 heterocycles. The van der Waals surface area contributed by atoms with Crippen molar-refractivity contribution in [3.8, 4) is 11.1 Å². The maximum atomic E-state index is 12.7. The number of aromatic nitrogens is 1. The van der Waals surface area contributed by atoms with E-state index in [2.05, 4.69) is 10.3 Å². The first-order valence-electron chi connectivity index (χ1n) is 11.4.